The molecule has 0 spiro atoms. The lowest BCUT2D eigenvalue weighted by Gasteiger charge is -2.10. The highest BCUT2D eigenvalue weighted by atomic mass is 16.5. The van der Waals surface area contributed by atoms with E-state index in [1.54, 1.807) is 0 Å². The van der Waals surface area contributed by atoms with E-state index in [1.807, 2.05) is 6.92 Å². The maximum atomic E-state index is 9.79. The summed E-state index contributed by atoms with van der Waals surface area (Å²) < 4.78 is 4.60. The van der Waals surface area contributed by atoms with Gasteiger partial charge in [-0.2, -0.15) is 0 Å². The number of ether oxygens (including phenoxy) is 1. The Kier molecular flexibility index (Phi) is 6.18. The molecule has 0 aromatic carbocycles. The van der Waals surface area contributed by atoms with Gasteiger partial charge < -0.3 is 4.74 Å². The highest BCUT2D eigenvalue weighted by Gasteiger charge is 1.96. The Balaban J connectivity index is 3.04. The van der Waals surface area contributed by atoms with Crippen LogP contribution >= 0.6 is 0 Å². The highest BCUT2D eigenvalue weighted by molar-refractivity contribution is 5.37. The van der Waals surface area contributed by atoms with E-state index in [-0.39, 0.29) is 6.23 Å². The van der Waals surface area contributed by atoms with Crippen molar-refractivity contribution >= 4 is 6.47 Å². The largest absolute Gasteiger partial charge is 0.449 e. The third-order valence-corrected chi connectivity index (χ3v) is 1.22. The average Bonchev–Trinajstić information content (AvgIpc) is 1.89. The number of carbonyl (C=O) groups excluding carboxylic acids is 1. The van der Waals surface area contributed by atoms with Gasteiger partial charge >= 0.3 is 0 Å². The van der Waals surface area contributed by atoms with Gasteiger partial charge in [0.1, 0.15) is 6.23 Å². The Morgan fingerprint density at radius 3 is 2.90 bits per heavy atom. The van der Waals surface area contributed by atoms with Crippen molar-refractivity contribution in [2.75, 3.05) is 6.54 Å². The quantitative estimate of drug-likeness (QED) is 0.343. The molecular weight excluding hydrogens is 130 g/mol. The summed E-state index contributed by atoms with van der Waals surface area (Å²) in [5, 5.41) is 3.03. The third-order valence-electron chi connectivity index (χ3n) is 1.22. The molecule has 3 nitrogen and oxygen atoms in total. The monoisotopic (exact) mass is 145 g/mol. The Labute approximate surface area is 61.8 Å². The number of nitrogens with one attached hydrogen (secondary N) is 1. The van der Waals surface area contributed by atoms with Gasteiger partial charge in [-0.1, -0.05) is 13.3 Å². The molecule has 10 heavy (non-hydrogen) atoms. The van der Waals surface area contributed by atoms with Crippen LogP contribution < -0.4 is 5.32 Å². The van der Waals surface area contributed by atoms with Gasteiger partial charge in [-0.15, -0.1) is 0 Å². The first-order valence-electron chi connectivity index (χ1n) is 3.63. The number of hydrogen-bond acceptors (Lipinski definition) is 3. The molecule has 1 atom stereocenters. The molecule has 0 amide bonds. The molecule has 60 valence electrons. The smallest absolute Gasteiger partial charge is 0.294 e. The van der Waals surface area contributed by atoms with E-state index >= 15 is 0 Å². The minimum Gasteiger partial charge on any atom is -0.449 e. The molecule has 1 N–H and O–H groups in total. The van der Waals surface area contributed by atoms with Gasteiger partial charge in [0.15, 0.2) is 0 Å². The van der Waals surface area contributed by atoms with Crippen molar-refractivity contribution in [2.24, 2.45) is 0 Å². The van der Waals surface area contributed by atoms with Gasteiger partial charge in [0.05, 0.1) is 0 Å². The molecule has 0 aromatic rings. The van der Waals surface area contributed by atoms with Gasteiger partial charge in [-0.25, -0.2) is 0 Å². The van der Waals surface area contributed by atoms with Gasteiger partial charge in [-0.3, -0.25) is 10.1 Å². The topological polar surface area (TPSA) is 38.3 Å². The van der Waals surface area contributed by atoms with E-state index in [9.17, 15) is 4.79 Å². The summed E-state index contributed by atoms with van der Waals surface area (Å²) in [6.45, 7) is 5.30. The van der Waals surface area contributed by atoms with Crippen molar-refractivity contribution < 1.29 is 9.53 Å². The second-order valence-electron chi connectivity index (χ2n) is 2.18. The molecule has 0 fully saturated rings. The van der Waals surface area contributed by atoms with Crippen LogP contribution in [-0.2, 0) is 9.53 Å². The standard InChI is InChI=1S/C7H15NO2/c1-3-4-5-8-7(2)10-6-9/h6-8H,3-5H2,1-2H3. The Hall–Kier alpha value is -0.570. The molecule has 0 heterocycles. The Morgan fingerprint density at radius 2 is 2.40 bits per heavy atom. The number of rotatable bonds is 6. The maximum Gasteiger partial charge on any atom is 0.294 e. The van der Waals surface area contributed by atoms with Crippen molar-refractivity contribution in [3.63, 3.8) is 0 Å². The first kappa shape index (κ1) is 9.43. The third kappa shape index (κ3) is 5.56. The van der Waals surface area contributed by atoms with Crippen LogP contribution in [0.1, 0.15) is 26.7 Å². The first-order valence-corrected chi connectivity index (χ1v) is 3.63. The fourth-order valence-corrected chi connectivity index (χ4v) is 0.614. The number of unbranched alkanes of at least 4 members (excludes halogenated alkanes) is 1. The van der Waals surface area contributed by atoms with E-state index in [4.69, 9.17) is 0 Å². The summed E-state index contributed by atoms with van der Waals surface area (Å²) in [6, 6.07) is 0. The zero-order valence-corrected chi connectivity index (χ0v) is 6.59. The average molecular weight is 145 g/mol. The van der Waals surface area contributed by atoms with Crippen LogP contribution in [0.15, 0.2) is 0 Å². The van der Waals surface area contributed by atoms with Crippen molar-refractivity contribution in [3.8, 4) is 0 Å². The van der Waals surface area contributed by atoms with E-state index in [1.165, 1.54) is 0 Å². The SMILES string of the molecule is CCCCNC(C)OC=O. The summed E-state index contributed by atoms with van der Waals surface area (Å²) in [7, 11) is 0. The van der Waals surface area contributed by atoms with Gasteiger partial charge in [0.2, 0.25) is 0 Å². The molecule has 0 aliphatic heterocycles. The lowest BCUT2D eigenvalue weighted by atomic mass is 10.3. The van der Waals surface area contributed by atoms with Crippen LogP contribution in [0.2, 0.25) is 0 Å². The molecule has 0 bridgehead atoms. The first-order chi connectivity index (χ1) is 4.81. The molecular formula is C7H15NO2. The summed E-state index contributed by atoms with van der Waals surface area (Å²) in [4.78, 5) is 9.79. The molecule has 0 aliphatic carbocycles. The van der Waals surface area contributed by atoms with Crippen LogP contribution in [0.5, 0.6) is 0 Å². The summed E-state index contributed by atoms with van der Waals surface area (Å²) in [6.07, 6.45) is 2.12. The second-order valence-corrected chi connectivity index (χ2v) is 2.18. The van der Waals surface area contributed by atoms with Crippen LogP contribution in [0.3, 0.4) is 0 Å². The predicted molar refractivity (Wildman–Crippen MR) is 39.5 cm³/mol. The number of hydrogen-bond donors (Lipinski definition) is 1. The minimum absolute atomic E-state index is 0.149. The van der Waals surface area contributed by atoms with E-state index < -0.39 is 0 Å². The molecule has 0 rings (SSSR count). The van der Waals surface area contributed by atoms with E-state index in [2.05, 4.69) is 17.0 Å². The van der Waals surface area contributed by atoms with E-state index in [0.29, 0.717) is 6.47 Å². The van der Waals surface area contributed by atoms with Crippen molar-refractivity contribution in [1.29, 1.82) is 0 Å². The minimum atomic E-state index is -0.149. The van der Waals surface area contributed by atoms with Crippen LogP contribution in [0.25, 0.3) is 0 Å². The molecule has 0 aliphatic rings. The van der Waals surface area contributed by atoms with Crippen molar-refractivity contribution in [3.05, 3.63) is 0 Å². The maximum absolute atomic E-state index is 9.79. The fourth-order valence-electron chi connectivity index (χ4n) is 0.614. The summed E-state index contributed by atoms with van der Waals surface area (Å²) >= 11 is 0. The number of carbonyl (C=O) groups is 1. The van der Waals surface area contributed by atoms with Gasteiger partial charge in [-0.05, 0) is 19.9 Å². The lowest BCUT2D eigenvalue weighted by molar-refractivity contribution is -0.134. The summed E-state index contributed by atoms with van der Waals surface area (Å²) in [5.41, 5.74) is 0. The molecule has 3 heteroatoms. The normalized spacial score (nSPS) is 12.6. The lowest BCUT2D eigenvalue weighted by Crippen LogP contribution is -2.29. The zero-order valence-electron chi connectivity index (χ0n) is 6.59. The van der Waals surface area contributed by atoms with Crippen LogP contribution in [0, 0.1) is 0 Å². The van der Waals surface area contributed by atoms with Crippen molar-refractivity contribution in [1.82, 2.24) is 5.32 Å². The van der Waals surface area contributed by atoms with Crippen LogP contribution in [0.4, 0.5) is 0 Å². The highest BCUT2D eigenvalue weighted by Crippen LogP contribution is 1.86. The molecule has 0 saturated carbocycles. The van der Waals surface area contributed by atoms with Gasteiger partial charge in [0, 0.05) is 0 Å². The fraction of sp³-hybridized carbons (Fsp3) is 0.857. The molecule has 0 aromatic heterocycles. The molecule has 0 saturated heterocycles. The van der Waals surface area contributed by atoms with Gasteiger partial charge in [0.25, 0.3) is 6.47 Å². The predicted octanol–water partition coefficient (Wildman–Crippen LogP) is 0.895. The molecule has 0 radical (unpaired) electrons. The van der Waals surface area contributed by atoms with Crippen molar-refractivity contribution in [2.45, 2.75) is 32.9 Å². The van der Waals surface area contributed by atoms with E-state index in [0.717, 1.165) is 19.4 Å². The zero-order chi connectivity index (χ0) is 7.82. The molecule has 1 unspecified atom stereocenters. The second kappa shape index (κ2) is 6.55. The van der Waals surface area contributed by atoms with Crippen LogP contribution in [-0.4, -0.2) is 19.2 Å². The Bertz CT molecular complexity index is 85.7. The Morgan fingerprint density at radius 1 is 1.70 bits per heavy atom. The summed E-state index contributed by atoms with van der Waals surface area (Å²) in [5.74, 6) is 0.